The van der Waals surface area contributed by atoms with E-state index in [1.165, 1.54) is 4.90 Å². The van der Waals surface area contributed by atoms with Crippen LogP contribution in [0.4, 0.5) is 10.6 Å². The lowest BCUT2D eigenvalue weighted by Gasteiger charge is -2.23. The quantitative estimate of drug-likeness (QED) is 0.875. The predicted octanol–water partition coefficient (Wildman–Crippen LogP) is 2.32. The lowest BCUT2D eigenvalue weighted by molar-refractivity contribution is 0.148. The molecule has 1 amide bonds. The molecule has 3 atom stereocenters. The average molecular weight is 297 g/mol. The molecule has 6 nitrogen and oxygen atoms in total. The van der Waals surface area contributed by atoms with Crippen molar-refractivity contribution in [1.82, 2.24) is 15.1 Å². The van der Waals surface area contributed by atoms with E-state index in [9.17, 15) is 4.79 Å². The molecule has 1 aromatic heterocycles. The molecule has 0 bridgehead atoms. The van der Waals surface area contributed by atoms with Gasteiger partial charge in [-0.05, 0) is 36.3 Å². The van der Waals surface area contributed by atoms with E-state index in [0.29, 0.717) is 30.2 Å². The Kier molecular flexibility index (Phi) is 3.20. The molecule has 1 unspecified atom stereocenters. The van der Waals surface area contributed by atoms with Crippen LogP contribution in [0, 0.1) is 11.3 Å². The summed E-state index contributed by atoms with van der Waals surface area (Å²) in [6.45, 7) is 3.43. The number of amides is 1. The molecule has 20 heavy (non-hydrogen) atoms. The van der Waals surface area contributed by atoms with Gasteiger partial charge >= 0.3 is 6.09 Å². The minimum absolute atomic E-state index is 0.0654. The van der Waals surface area contributed by atoms with Crippen LogP contribution < -0.4 is 5.32 Å². The van der Waals surface area contributed by atoms with Crippen LogP contribution in [0.15, 0.2) is 12.1 Å². The summed E-state index contributed by atoms with van der Waals surface area (Å²) in [5.74, 6) is 1.13. The Balaban J connectivity index is 1.64. The number of rotatable bonds is 2. The first-order chi connectivity index (χ1) is 9.46. The van der Waals surface area contributed by atoms with Gasteiger partial charge in [-0.2, -0.15) is 0 Å². The Hall–Kier alpha value is -1.56. The second kappa shape index (κ2) is 4.77. The molecule has 2 N–H and O–H groups in total. The van der Waals surface area contributed by atoms with Crippen LogP contribution in [0.25, 0.3) is 0 Å². The van der Waals surface area contributed by atoms with Gasteiger partial charge in [-0.1, -0.05) is 18.5 Å². The molecule has 0 aromatic carbocycles. The van der Waals surface area contributed by atoms with E-state index >= 15 is 0 Å². The monoisotopic (exact) mass is 296 g/mol. The highest BCUT2D eigenvalue weighted by Gasteiger charge is 2.50. The average Bonchev–Trinajstić information content (AvgIpc) is 2.83. The number of anilines is 1. The van der Waals surface area contributed by atoms with Gasteiger partial charge in [0.15, 0.2) is 5.15 Å². The van der Waals surface area contributed by atoms with E-state index in [4.69, 9.17) is 16.7 Å². The van der Waals surface area contributed by atoms with Crippen LogP contribution in [-0.4, -0.2) is 45.4 Å². The number of carbonyl (C=O) groups is 1. The molecular formula is C13H17ClN4O2. The smallest absolute Gasteiger partial charge is 0.407 e. The summed E-state index contributed by atoms with van der Waals surface area (Å²) >= 11 is 5.71. The van der Waals surface area contributed by atoms with Crippen LogP contribution in [0.3, 0.4) is 0 Å². The number of aromatic nitrogens is 2. The summed E-state index contributed by atoms with van der Waals surface area (Å²) in [5.41, 5.74) is 0.0654. The second-order valence-electron chi connectivity index (χ2n) is 6.04. The SMILES string of the molecule is C[C@@]12CC(Nc3ccc(Cl)nn3)C[C@@H]1CN(C(=O)O)C2. The van der Waals surface area contributed by atoms with E-state index in [1.54, 1.807) is 6.07 Å². The summed E-state index contributed by atoms with van der Waals surface area (Å²) in [4.78, 5) is 12.6. The molecule has 1 aromatic rings. The Morgan fingerprint density at radius 2 is 2.35 bits per heavy atom. The molecule has 0 radical (unpaired) electrons. The van der Waals surface area contributed by atoms with Gasteiger partial charge in [0.2, 0.25) is 0 Å². The number of fused-ring (bicyclic) bond motifs is 1. The third kappa shape index (κ3) is 2.40. The maximum atomic E-state index is 11.1. The Morgan fingerprint density at radius 3 is 2.95 bits per heavy atom. The fraction of sp³-hybridized carbons (Fsp3) is 0.615. The first-order valence-corrected chi connectivity index (χ1v) is 7.08. The highest BCUT2D eigenvalue weighted by Crippen LogP contribution is 2.48. The topological polar surface area (TPSA) is 78.4 Å². The second-order valence-corrected chi connectivity index (χ2v) is 6.42. The van der Waals surface area contributed by atoms with E-state index in [1.807, 2.05) is 6.07 Å². The van der Waals surface area contributed by atoms with E-state index in [-0.39, 0.29) is 5.41 Å². The maximum Gasteiger partial charge on any atom is 0.407 e. The van der Waals surface area contributed by atoms with Crippen LogP contribution >= 0.6 is 11.6 Å². The first-order valence-electron chi connectivity index (χ1n) is 6.70. The van der Waals surface area contributed by atoms with Gasteiger partial charge in [0.1, 0.15) is 5.82 Å². The van der Waals surface area contributed by atoms with Gasteiger partial charge < -0.3 is 15.3 Å². The lowest BCUT2D eigenvalue weighted by atomic mass is 9.83. The van der Waals surface area contributed by atoms with Crippen LogP contribution in [0.2, 0.25) is 5.15 Å². The van der Waals surface area contributed by atoms with Crippen molar-refractivity contribution in [2.24, 2.45) is 11.3 Å². The summed E-state index contributed by atoms with van der Waals surface area (Å²) in [6.07, 6.45) is 1.10. The van der Waals surface area contributed by atoms with Crippen molar-refractivity contribution < 1.29 is 9.90 Å². The molecule has 108 valence electrons. The number of likely N-dealkylation sites (tertiary alicyclic amines) is 1. The fourth-order valence-electron chi connectivity index (χ4n) is 3.55. The zero-order valence-corrected chi connectivity index (χ0v) is 12.0. The van der Waals surface area contributed by atoms with E-state index in [2.05, 4.69) is 22.4 Å². The third-order valence-electron chi connectivity index (χ3n) is 4.51. The molecule has 1 saturated carbocycles. The van der Waals surface area contributed by atoms with Crippen molar-refractivity contribution in [2.45, 2.75) is 25.8 Å². The van der Waals surface area contributed by atoms with Crippen molar-refractivity contribution in [1.29, 1.82) is 0 Å². The number of carboxylic acid groups (broad SMARTS) is 1. The van der Waals surface area contributed by atoms with Crippen LogP contribution in [0.5, 0.6) is 0 Å². The number of hydrogen-bond acceptors (Lipinski definition) is 4. The summed E-state index contributed by atoms with van der Waals surface area (Å²) in [6, 6.07) is 3.84. The van der Waals surface area contributed by atoms with Gasteiger partial charge in [0.25, 0.3) is 0 Å². The molecular weight excluding hydrogens is 280 g/mol. The molecule has 1 aliphatic heterocycles. The Labute approximate surface area is 122 Å². The Morgan fingerprint density at radius 1 is 1.55 bits per heavy atom. The number of halogens is 1. The summed E-state index contributed by atoms with van der Waals surface area (Å²) < 4.78 is 0. The molecule has 7 heteroatoms. The van der Waals surface area contributed by atoms with Crippen molar-refractivity contribution in [3.8, 4) is 0 Å². The van der Waals surface area contributed by atoms with Crippen LogP contribution in [0.1, 0.15) is 19.8 Å². The van der Waals surface area contributed by atoms with E-state index in [0.717, 1.165) is 18.7 Å². The maximum absolute atomic E-state index is 11.1. The van der Waals surface area contributed by atoms with Crippen molar-refractivity contribution in [3.63, 3.8) is 0 Å². The molecule has 2 heterocycles. The van der Waals surface area contributed by atoms with Crippen molar-refractivity contribution >= 4 is 23.5 Å². The first kappa shape index (κ1) is 13.4. The predicted molar refractivity (Wildman–Crippen MR) is 74.9 cm³/mol. The zero-order chi connectivity index (χ0) is 14.3. The minimum atomic E-state index is -0.811. The number of hydrogen-bond donors (Lipinski definition) is 2. The minimum Gasteiger partial charge on any atom is -0.465 e. The number of nitrogens with zero attached hydrogens (tertiary/aromatic N) is 3. The third-order valence-corrected chi connectivity index (χ3v) is 4.72. The lowest BCUT2D eigenvalue weighted by Crippen LogP contribution is -2.31. The van der Waals surface area contributed by atoms with Gasteiger partial charge in [-0.3, -0.25) is 0 Å². The van der Waals surface area contributed by atoms with Gasteiger partial charge in [0, 0.05) is 19.1 Å². The Bertz CT molecular complexity index is 524. The molecule has 1 saturated heterocycles. The van der Waals surface area contributed by atoms with Gasteiger partial charge in [-0.15, -0.1) is 10.2 Å². The zero-order valence-electron chi connectivity index (χ0n) is 11.2. The molecule has 3 rings (SSSR count). The van der Waals surface area contributed by atoms with Crippen LogP contribution in [-0.2, 0) is 0 Å². The fourth-order valence-corrected chi connectivity index (χ4v) is 3.65. The molecule has 2 fully saturated rings. The molecule has 1 aliphatic carbocycles. The largest absolute Gasteiger partial charge is 0.465 e. The van der Waals surface area contributed by atoms with Crippen molar-refractivity contribution in [2.75, 3.05) is 18.4 Å². The normalized spacial score (nSPS) is 32.2. The molecule has 0 spiro atoms. The van der Waals surface area contributed by atoms with Gasteiger partial charge in [0.05, 0.1) is 0 Å². The highest BCUT2D eigenvalue weighted by atomic mass is 35.5. The number of nitrogens with one attached hydrogen (secondary N) is 1. The molecule has 2 aliphatic rings. The van der Waals surface area contributed by atoms with Crippen molar-refractivity contribution in [3.05, 3.63) is 17.3 Å². The van der Waals surface area contributed by atoms with E-state index < -0.39 is 6.09 Å². The highest BCUT2D eigenvalue weighted by molar-refractivity contribution is 6.29. The summed E-state index contributed by atoms with van der Waals surface area (Å²) in [5, 5.41) is 20.7. The summed E-state index contributed by atoms with van der Waals surface area (Å²) in [7, 11) is 0. The standard InChI is InChI=1S/C13H17ClN4O2/c1-13-5-9(15-11-3-2-10(14)16-17-11)4-8(13)6-18(7-13)12(19)20/h2-3,8-9H,4-7H2,1H3,(H,15,17)(H,19,20)/t8-,9?,13+/m1/s1. The van der Waals surface area contributed by atoms with Gasteiger partial charge in [-0.25, -0.2) is 4.79 Å².